The van der Waals surface area contributed by atoms with Gasteiger partial charge in [-0.2, -0.15) is 0 Å². The number of nitrogens with zero attached hydrogens (tertiary/aromatic N) is 2. The summed E-state index contributed by atoms with van der Waals surface area (Å²) >= 11 is 11.9. The molecular formula is C14H12Cl2FN3O2. The van der Waals surface area contributed by atoms with E-state index < -0.39 is 11.8 Å². The Morgan fingerprint density at radius 2 is 2.14 bits per heavy atom. The predicted molar refractivity (Wildman–Crippen MR) is 82.6 cm³/mol. The minimum absolute atomic E-state index is 0.00553. The molecular weight excluding hydrogens is 332 g/mol. The van der Waals surface area contributed by atoms with Crippen LogP contribution in [0.3, 0.4) is 0 Å². The lowest BCUT2D eigenvalue weighted by molar-refractivity contribution is 0.0601. The van der Waals surface area contributed by atoms with Crippen LogP contribution in [0.4, 0.5) is 10.1 Å². The van der Waals surface area contributed by atoms with Crippen LogP contribution in [0.25, 0.3) is 11.3 Å². The quantitative estimate of drug-likeness (QED) is 0.524. The topological polar surface area (TPSA) is 78.1 Å². The maximum atomic E-state index is 14.8. The van der Waals surface area contributed by atoms with Crippen LogP contribution in [-0.2, 0) is 11.2 Å². The van der Waals surface area contributed by atoms with Gasteiger partial charge in [0.05, 0.1) is 34.6 Å². The van der Waals surface area contributed by atoms with E-state index in [9.17, 15) is 9.18 Å². The van der Waals surface area contributed by atoms with Crippen LogP contribution < -0.4 is 5.73 Å². The van der Waals surface area contributed by atoms with Gasteiger partial charge >= 0.3 is 5.97 Å². The van der Waals surface area contributed by atoms with Gasteiger partial charge in [0.25, 0.3) is 0 Å². The molecule has 2 aromatic rings. The van der Waals surface area contributed by atoms with E-state index in [1.165, 1.54) is 12.3 Å². The van der Waals surface area contributed by atoms with Crippen molar-refractivity contribution >= 4 is 34.9 Å². The Labute approximate surface area is 136 Å². The molecule has 5 nitrogen and oxygen atoms in total. The van der Waals surface area contributed by atoms with Crippen molar-refractivity contribution in [3.8, 4) is 11.3 Å². The third kappa shape index (κ3) is 2.71. The summed E-state index contributed by atoms with van der Waals surface area (Å²) in [4.78, 5) is 19.7. The van der Waals surface area contributed by atoms with Gasteiger partial charge in [-0.3, -0.25) is 0 Å². The maximum Gasteiger partial charge on any atom is 0.340 e. The predicted octanol–water partition coefficient (Wildman–Crippen LogP) is 3.52. The molecule has 0 spiro atoms. The van der Waals surface area contributed by atoms with E-state index in [1.54, 1.807) is 6.92 Å². The van der Waals surface area contributed by atoms with Crippen LogP contribution in [0.15, 0.2) is 12.3 Å². The van der Waals surface area contributed by atoms with E-state index in [0.29, 0.717) is 6.42 Å². The van der Waals surface area contributed by atoms with Gasteiger partial charge in [0.2, 0.25) is 5.28 Å². The van der Waals surface area contributed by atoms with E-state index in [-0.39, 0.29) is 38.4 Å². The van der Waals surface area contributed by atoms with Gasteiger partial charge in [0.15, 0.2) is 0 Å². The first kappa shape index (κ1) is 16.5. The third-order valence-electron chi connectivity index (χ3n) is 3.14. The van der Waals surface area contributed by atoms with E-state index in [4.69, 9.17) is 28.9 Å². The Morgan fingerprint density at radius 3 is 2.68 bits per heavy atom. The molecule has 116 valence electrons. The van der Waals surface area contributed by atoms with Gasteiger partial charge in [-0.05, 0) is 24.1 Å². The number of aromatic nitrogens is 2. The van der Waals surface area contributed by atoms with Crippen molar-refractivity contribution in [1.82, 2.24) is 9.97 Å². The van der Waals surface area contributed by atoms with E-state index in [1.807, 2.05) is 0 Å². The minimum atomic E-state index is -0.817. The van der Waals surface area contributed by atoms with Crippen molar-refractivity contribution in [2.75, 3.05) is 12.8 Å². The highest BCUT2D eigenvalue weighted by atomic mass is 35.5. The second-order valence-electron chi connectivity index (χ2n) is 4.33. The van der Waals surface area contributed by atoms with Gasteiger partial charge in [-0.25, -0.2) is 19.2 Å². The number of nitrogen functional groups attached to an aromatic ring is 1. The molecule has 0 aliphatic carbocycles. The van der Waals surface area contributed by atoms with Crippen LogP contribution >= 0.6 is 23.2 Å². The van der Waals surface area contributed by atoms with Gasteiger partial charge < -0.3 is 10.5 Å². The summed E-state index contributed by atoms with van der Waals surface area (Å²) in [7, 11) is 1.16. The molecule has 22 heavy (non-hydrogen) atoms. The van der Waals surface area contributed by atoms with Crippen molar-refractivity contribution in [3.05, 3.63) is 39.5 Å². The molecule has 2 N–H and O–H groups in total. The molecule has 0 saturated heterocycles. The van der Waals surface area contributed by atoms with Gasteiger partial charge in [-0.15, -0.1) is 0 Å². The molecule has 0 fully saturated rings. The van der Waals surface area contributed by atoms with Crippen LogP contribution in [0.5, 0.6) is 0 Å². The van der Waals surface area contributed by atoms with Crippen molar-refractivity contribution in [3.63, 3.8) is 0 Å². The standard InChI is InChI=1S/C14H12Cl2FN3O2/c1-3-6-11(17)8(7-4-5-19-14(16)20-7)9(13(21)22-2)10(15)12(6)18/h4-5H,3,18H2,1-2H3. The SMILES string of the molecule is CCc1c(N)c(Cl)c(C(=O)OC)c(-c2ccnc(Cl)n2)c1F. The highest BCUT2D eigenvalue weighted by molar-refractivity contribution is 6.37. The second kappa shape index (κ2) is 6.46. The Bertz CT molecular complexity index is 753. The Balaban J connectivity index is 2.91. The number of methoxy groups -OCH3 is 1. The van der Waals surface area contributed by atoms with Crippen LogP contribution in [-0.4, -0.2) is 23.0 Å². The number of hydrogen-bond acceptors (Lipinski definition) is 5. The molecule has 1 aromatic carbocycles. The highest BCUT2D eigenvalue weighted by Crippen LogP contribution is 2.39. The number of hydrogen-bond donors (Lipinski definition) is 1. The van der Waals surface area contributed by atoms with E-state index in [0.717, 1.165) is 7.11 Å². The van der Waals surface area contributed by atoms with Crippen molar-refractivity contribution in [2.24, 2.45) is 0 Å². The Morgan fingerprint density at radius 1 is 1.45 bits per heavy atom. The first-order valence-corrected chi connectivity index (χ1v) is 7.04. The van der Waals surface area contributed by atoms with Crippen LogP contribution in [0.2, 0.25) is 10.3 Å². The first-order chi connectivity index (χ1) is 10.4. The summed E-state index contributed by atoms with van der Waals surface area (Å²) in [6.45, 7) is 1.72. The fourth-order valence-electron chi connectivity index (χ4n) is 2.11. The summed E-state index contributed by atoms with van der Waals surface area (Å²) in [5.74, 6) is -1.50. The van der Waals surface area contributed by atoms with Crippen LogP contribution in [0.1, 0.15) is 22.8 Å². The van der Waals surface area contributed by atoms with Crippen LogP contribution in [0, 0.1) is 5.82 Å². The molecule has 0 unspecified atom stereocenters. The first-order valence-electron chi connectivity index (χ1n) is 6.28. The number of rotatable bonds is 3. The zero-order chi connectivity index (χ0) is 16.4. The molecule has 0 saturated carbocycles. The fourth-order valence-corrected chi connectivity index (χ4v) is 2.54. The molecule has 0 radical (unpaired) electrons. The zero-order valence-electron chi connectivity index (χ0n) is 11.8. The average Bonchev–Trinajstić information content (AvgIpc) is 2.50. The highest BCUT2D eigenvalue weighted by Gasteiger charge is 2.27. The normalized spacial score (nSPS) is 10.6. The average molecular weight is 344 g/mol. The third-order valence-corrected chi connectivity index (χ3v) is 3.72. The molecule has 0 aliphatic rings. The van der Waals surface area contributed by atoms with Crippen molar-refractivity contribution in [2.45, 2.75) is 13.3 Å². The summed E-state index contributed by atoms with van der Waals surface area (Å²) in [6, 6.07) is 1.42. The van der Waals surface area contributed by atoms with Gasteiger partial charge in [-0.1, -0.05) is 18.5 Å². The van der Waals surface area contributed by atoms with E-state index in [2.05, 4.69) is 14.7 Å². The number of halogens is 3. The van der Waals surface area contributed by atoms with E-state index >= 15 is 0 Å². The molecule has 0 amide bonds. The maximum absolute atomic E-state index is 14.8. The Hall–Kier alpha value is -1.92. The zero-order valence-corrected chi connectivity index (χ0v) is 13.3. The lowest BCUT2D eigenvalue weighted by atomic mass is 9.96. The molecule has 1 aromatic heterocycles. The lowest BCUT2D eigenvalue weighted by Crippen LogP contribution is -2.12. The Kier molecular flexibility index (Phi) is 4.83. The number of esters is 1. The number of benzene rings is 1. The molecule has 1 heterocycles. The number of nitrogens with two attached hydrogens (primary N) is 1. The summed E-state index contributed by atoms with van der Waals surface area (Å²) in [5.41, 5.74) is 5.85. The summed E-state index contributed by atoms with van der Waals surface area (Å²) in [6.07, 6.45) is 1.64. The summed E-state index contributed by atoms with van der Waals surface area (Å²) in [5, 5.41) is -0.159. The molecule has 0 aliphatic heterocycles. The van der Waals surface area contributed by atoms with Gasteiger partial charge in [0.1, 0.15) is 5.82 Å². The monoisotopic (exact) mass is 343 g/mol. The largest absolute Gasteiger partial charge is 0.465 e. The number of carbonyl (C=O) groups is 1. The number of ether oxygens (including phenoxy) is 1. The number of anilines is 1. The fraction of sp³-hybridized carbons (Fsp3) is 0.214. The van der Waals surface area contributed by atoms with Crippen molar-refractivity contribution in [1.29, 1.82) is 0 Å². The molecule has 2 rings (SSSR count). The second-order valence-corrected chi connectivity index (χ2v) is 5.04. The smallest absolute Gasteiger partial charge is 0.340 e. The van der Waals surface area contributed by atoms with Gasteiger partial charge in [0, 0.05) is 11.8 Å². The lowest BCUT2D eigenvalue weighted by Gasteiger charge is -2.16. The minimum Gasteiger partial charge on any atom is -0.465 e. The summed E-state index contributed by atoms with van der Waals surface area (Å²) < 4.78 is 19.5. The number of carbonyl (C=O) groups excluding carboxylic acids is 1. The molecule has 0 atom stereocenters. The van der Waals surface area contributed by atoms with Crippen molar-refractivity contribution < 1.29 is 13.9 Å². The molecule has 0 bridgehead atoms. The molecule has 8 heteroatoms.